The van der Waals surface area contributed by atoms with Gasteiger partial charge in [0.1, 0.15) is 10.0 Å². The number of nitrogens with zero attached hydrogens (tertiary/aromatic N) is 2. The maximum atomic E-state index is 4.96. The number of hydrogen-bond donors (Lipinski definition) is 0. The van der Waals surface area contributed by atoms with E-state index in [0.717, 1.165) is 32.2 Å². The van der Waals surface area contributed by atoms with E-state index < -0.39 is 0 Å². The zero-order valence-electron chi connectivity index (χ0n) is 30.3. The van der Waals surface area contributed by atoms with E-state index in [1.165, 1.54) is 70.3 Å². The van der Waals surface area contributed by atoms with Crippen LogP contribution in [0.5, 0.6) is 0 Å². The highest BCUT2D eigenvalue weighted by molar-refractivity contribution is 7.22. The van der Waals surface area contributed by atoms with Gasteiger partial charge >= 0.3 is 0 Å². The van der Waals surface area contributed by atoms with E-state index in [1.54, 1.807) is 22.7 Å². The van der Waals surface area contributed by atoms with Gasteiger partial charge in [0, 0.05) is 16.5 Å². The van der Waals surface area contributed by atoms with Crippen LogP contribution < -0.4 is 0 Å². The van der Waals surface area contributed by atoms with Crippen molar-refractivity contribution >= 4 is 65.5 Å². The minimum absolute atomic E-state index is 0.0909. The predicted octanol–water partition coefficient (Wildman–Crippen LogP) is 14.5. The average molecular weight is 729 g/mol. The van der Waals surface area contributed by atoms with E-state index in [1.807, 2.05) is 0 Å². The fourth-order valence-electron chi connectivity index (χ4n) is 8.35. The molecule has 0 atom stereocenters. The molecule has 258 valence electrons. The highest BCUT2D eigenvalue weighted by Crippen LogP contribution is 2.51. The van der Waals surface area contributed by atoms with Crippen LogP contribution in [0.15, 0.2) is 163 Å². The Morgan fingerprint density at radius 2 is 1.04 bits per heavy atom. The lowest BCUT2D eigenvalue weighted by Crippen LogP contribution is -2.14. The molecule has 4 heteroatoms. The molecule has 0 unspecified atom stereocenters. The summed E-state index contributed by atoms with van der Waals surface area (Å²) in [5, 5.41) is 4.56. The van der Waals surface area contributed by atoms with Gasteiger partial charge in [-0.15, -0.1) is 22.7 Å². The van der Waals surface area contributed by atoms with Gasteiger partial charge < -0.3 is 0 Å². The van der Waals surface area contributed by atoms with Crippen LogP contribution in [0.1, 0.15) is 37.5 Å². The van der Waals surface area contributed by atoms with Crippen LogP contribution in [0.2, 0.25) is 0 Å². The fourth-order valence-corrected chi connectivity index (χ4v) is 10.3. The number of allylic oxidation sites excluding steroid dienone is 3. The molecule has 7 aromatic carbocycles. The van der Waals surface area contributed by atoms with E-state index in [0.29, 0.717) is 0 Å². The van der Waals surface area contributed by atoms with Crippen molar-refractivity contribution in [2.75, 3.05) is 0 Å². The third-order valence-electron chi connectivity index (χ3n) is 11.0. The maximum Gasteiger partial charge on any atom is 0.124 e. The summed E-state index contributed by atoms with van der Waals surface area (Å²) in [7, 11) is 0. The van der Waals surface area contributed by atoms with Crippen molar-refractivity contribution in [1.82, 2.24) is 9.97 Å². The first-order chi connectivity index (χ1) is 26.5. The lowest BCUT2D eigenvalue weighted by Gasteiger charge is -2.22. The van der Waals surface area contributed by atoms with Crippen molar-refractivity contribution in [3.05, 3.63) is 180 Å². The van der Waals surface area contributed by atoms with Gasteiger partial charge in [-0.3, -0.25) is 0 Å². The zero-order chi connectivity index (χ0) is 36.4. The molecule has 0 fully saturated rings. The number of thiazole rings is 2. The molecule has 9 aromatic rings. The SMILES string of the molecule is CC=C1/C(=C\c2cc(-c3ccc(-c4nc5ccccc5s4)cc3)c3ccccc3c2-c2ccc(-c3nc4ccccc4s3)cc2)c2ccccc2C1(C)C. The Labute approximate surface area is 323 Å². The summed E-state index contributed by atoms with van der Waals surface area (Å²) in [5.74, 6) is 0. The molecule has 0 N–H and O–H groups in total. The van der Waals surface area contributed by atoms with Crippen LogP contribution in [0.3, 0.4) is 0 Å². The predicted molar refractivity (Wildman–Crippen MR) is 233 cm³/mol. The smallest absolute Gasteiger partial charge is 0.124 e. The molecule has 1 aliphatic carbocycles. The third kappa shape index (κ3) is 5.36. The first-order valence-electron chi connectivity index (χ1n) is 18.4. The van der Waals surface area contributed by atoms with Gasteiger partial charge in [-0.05, 0) is 104 Å². The topological polar surface area (TPSA) is 25.8 Å². The Hall–Kier alpha value is -5.94. The molecule has 2 aromatic heterocycles. The molecule has 0 amide bonds. The highest BCUT2D eigenvalue weighted by Gasteiger charge is 2.37. The van der Waals surface area contributed by atoms with Crippen molar-refractivity contribution in [3.8, 4) is 43.4 Å². The van der Waals surface area contributed by atoms with E-state index in [9.17, 15) is 0 Å². The molecule has 10 rings (SSSR count). The second-order valence-electron chi connectivity index (χ2n) is 14.5. The summed E-state index contributed by atoms with van der Waals surface area (Å²) in [6.45, 7) is 6.88. The van der Waals surface area contributed by atoms with Crippen LogP contribution in [0.25, 0.3) is 86.3 Å². The normalized spacial score (nSPS) is 15.2. The van der Waals surface area contributed by atoms with Crippen molar-refractivity contribution in [1.29, 1.82) is 0 Å². The zero-order valence-corrected chi connectivity index (χ0v) is 31.9. The standard InChI is InChI=1S/C50H36N2S2/c1-4-41-40(37-14-7-8-16-42(37)50(41,2)3)30-35-29-39(31-21-25-33(26-22-31)48-51-43-17-9-11-19-45(43)53-48)36-13-5-6-15-38(36)47(35)32-23-27-34(28-24-32)49-52-44-18-10-12-20-46(44)54-49/h4-30H,1-3H3/b40-30-,41-4?. The first kappa shape index (κ1) is 32.7. The molecule has 54 heavy (non-hydrogen) atoms. The summed E-state index contributed by atoms with van der Waals surface area (Å²) in [4.78, 5) is 9.89. The highest BCUT2D eigenvalue weighted by atomic mass is 32.1. The van der Waals surface area contributed by atoms with Gasteiger partial charge in [-0.25, -0.2) is 9.97 Å². The minimum atomic E-state index is -0.0909. The summed E-state index contributed by atoms with van der Waals surface area (Å²) >= 11 is 3.49. The van der Waals surface area contributed by atoms with E-state index in [4.69, 9.17) is 9.97 Å². The molecule has 0 radical (unpaired) electrons. The molecule has 0 bridgehead atoms. The molecule has 2 nitrogen and oxygen atoms in total. The Balaban J connectivity index is 1.17. The second kappa shape index (κ2) is 12.9. The number of fused-ring (bicyclic) bond motifs is 4. The van der Waals surface area contributed by atoms with Crippen molar-refractivity contribution in [2.45, 2.75) is 26.2 Å². The number of para-hydroxylation sites is 2. The maximum absolute atomic E-state index is 4.96. The van der Waals surface area contributed by atoms with Gasteiger partial charge in [0.2, 0.25) is 0 Å². The molecular weight excluding hydrogens is 693 g/mol. The van der Waals surface area contributed by atoms with Crippen LogP contribution in [-0.4, -0.2) is 9.97 Å². The van der Waals surface area contributed by atoms with Gasteiger partial charge in [0.05, 0.1) is 20.4 Å². The van der Waals surface area contributed by atoms with E-state index in [-0.39, 0.29) is 5.41 Å². The number of hydrogen-bond acceptors (Lipinski definition) is 4. The van der Waals surface area contributed by atoms with Crippen LogP contribution >= 0.6 is 22.7 Å². The van der Waals surface area contributed by atoms with E-state index >= 15 is 0 Å². The van der Waals surface area contributed by atoms with Crippen molar-refractivity contribution < 1.29 is 0 Å². The first-order valence-corrected chi connectivity index (χ1v) is 20.1. The molecule has 0 saturated heterocycles. The van der Waals surface area contributed by atoms with Crippen LogP contribution in [-0.2, 0) is 5.41 Å². The second-order valence-corrected chi connectivity index (χ2v) is 16.6. The lowest BCUT2D eigenvalue weighted by molar-refractivity contribution is 0.660. The lowest BCUT2D eigenvalue weighted by atomic mass is 9.81. The Morgan fingerprint density at radius 1 is 0.519 bits per heavy atom. The van der Waals surface area contributed by atoms with Crippen LogP contribution in [0, 0.1) is 0 Å². The largest absolute Gasteiger partial charge is 0.236 e. The number of rotatable bonds is 5. The molecule has 2 heterocycles. The Morgan fingerprint density at radius 3 is 1.65 bits per heavy atom. The molecule has 0 spiro atoms. The number of benzene rings is 7. The monoisotopic (exact) mass is 728 g/mol. The summed E-state index contributed by atoms with van der Waals surface area (Å²) in [5.41, 5.74) is 15.6. The fraction of sp³-hybridized carbons (Fsp3) is 0.0800. The Bertz CT molecular complexity index is 2890. The van der Waals surface area contributed by atoms with Gasteiger partial charge in [0.15, 0.2) is 0 Å². The molecule has 0 aliphatic heterocycles. The minimum Gasteiger partial charge on any atom is -0.236 e. The Kier molecular flexibility index (Phi) is 7.79. The summed E-state index contributed by atoms with van der Waals surface area (Å²) in [6, 6.07) is 55.0. The molecule has 0 saturated carbocycles. The summed E-state index contributed by atoms with van der Waals surface area (Å²) in [6.07, 6.45) is 4.76. The van der Waals surface area contributed by atoms with Gasteiger partial charge in [-0.1, -0.05) is 141 Å². The van der Waals surface area contributed by atoms with Crippen molar-refractivity contribution in [2.24, 2.45) is 0 Å². The van der Waals surface area contributed by atoms with Gasteiger partial charge in [-0.2, -0.15) is 0 Å². The quantitative estimate of drug-likeness (QED) is 0.176. The molecule has 1 aliphatic rings. The van der Waals surface area contributed by atoms with Crippen LogP contribution in [0.4, 0.5) is 0 Å². The summed E-state index contributed by atoms with van der Waals surface area (Å²) < 4.78 is 2.42. The van der Waals surface area contributed by atoms with Crippen molar-refractivity contribution in [3.63, 3.8) is 0 Å². The third-order valence-corrected chi connectivity index (χ3v) is 13.1. The average Bonchev–Trinajstić information content (AvgIpc) is 3.91. The number of aromatic nitrogens is 2. The molecular formula is C50H36N2S2. The van der Waals surface area contributed by atoms with Gasteiger partial charge in [0.25, 0.3) is 0 Å². The van der Waals surface area contributed by atoms with E-state index in [2.05, 4.69) is 185 Å².